The van der Waals surface area contributed by atoms with Crippen LogP contribution in [-0.4, -0.2) is 67.4 Å². The van der Waals surface area contributed by atoms with Gasteiger partial charge >= 0.3 is 0 Å². The van der Waals surface area contributed by atoms with Gasteiger partial charge in [0.05, 0.1) is 12.7 Å². The third kappa shape index (κ3) is 5.62. The second-order valence-corrected chi connectivity index (χ2v) is 7.53. The highest BCUT2D eigenvalue weighted by atomic mass is 16.5. The second kappa shape index (κ2) is 9.46. The van der Waals surface area contributed by atoms with Crippen LogP contribution in [0.15, 0.2) is 12.4 Å². The number of hydrogen-bond donors (Lipinski definition) is 1. The molecule has 0 amide bonds. The molecule has 1 saturated carbocycles. The summed E-state index contributed by atoms with van der Waals surface area (Å²) in [5.41, 5.74) is 1.13. The third-order valence-electron chi connectivity index (χ3n) is 5.45. The van der Waals surface area contributed by atoms with Gasteiger partial charge in [0.1, 0.15) is 0 Å². The van der Waals surface area contributed by atoms with Gasteiger partial charge in [0.25, 0.3) is 0 Å². The molecule has 6 nitrogen and oxygen atoms in total. The van der Waals surface area contributed by atoms with Crippen molar-refractivity contribution in [2.45, 2.75) is 45.3 Å². The van der Waals surface area contributed by atoms with Crippen molar-refractivity contribution < 1.29 is 4.74 Å². The summed E-state index contributed by atoms with van der Waals surface area (Å²) < 4.78 is 6.04. The van der Waals surface area contributed by atoms with Gasteiger partial charge in [0.2, 0.25) is 5.95 Å². The summed E-state index contributed by atoms with van der Waals surface area (Å²) >= 11 is 0. The van der Waals surface area contributed by atoms with Gasteiger partial charge in [-0.1, -0.05) is 19.8 Å². The molecule has 0 aromatic carbocycles. The van der Waals surface area contributed by atoms with Crippen LogP contribution in [0.2, 0.25) is 0 Å². The van der Waals surface area contributed by atoms with Crippen LogP contribution in [0.25, 0.3) is 0 Å². The van der Waals surface area contributed by atoms with E-state index in [9.17, 15) is 0 Å². The summed E-state index contributed by atoms with van der Waals surface area (Å²) in [4.78, 5) is 13.7. The van der Waals surface area contributed by atoms with Gasteiger partial charge in [-0.25, -0.2) is 9.97 Å². The van der Waals surface area contributed by atoms with Crippen molar-refractivity contribution in [3.8, 4) is 0 Å². The van der Waals surface area contributed by atoms with Gasteiger partial charge in [0.15, 0.2) is 0 Å². The van der Waals surface area contributed by atoms with E-state index < -0.39 is 0 Å². The van der Waals surface area contributed by atoms with E-state index in [-0.39, 0.29) is 0 Å². The Kier molecular flexibility index (Phi) is 7.02. The molecule has 0 unspecified atom stereocenters. The number of aromatic nitrogens is 2. The predicted molar refractivity (Wildman–Crippen MR) is 101 cm³/mol. The monoisotopic (exact) mass is 347 g/mol. The zero-order valence-corrected chi connectivity index (χ0v) is 15.8. The molecule has 0 bridgehead atoms. The van der Waals surface area contributed by atoms with E-state index in [1.807, 2.05) is 12.4 Å². The van der Waals surface area contributed by atoms with Gasteiger partial charge in [-0.2, -0.15) is 0 Å². The lowest BCUT2D eigenvalue weighted by Gasteiger charge is -2.32. The maximum atomic E-state index is 6.04. The number of nitrogens with zero attached hydrogens (tertiary/aromatic N) is 4. The zero-order chi connectivity index (χ0) is 17.5. The lowest BCUT2D eigenvalue weighted by Crippen LogP contribution is -2.45. The predicted octanol–water partition coefficient (Wildman–Crippen LogP) is 1.91. The number of rotatable bonds is 7. The van der Waals surface area contributed by atoms with Crippen molar-refractivity contribution in [3.63, 3.8) is 0 Å². The first-order valence-electron chi connectivity index (χ1n) is 9.79. The summed E-state index contributed by atoms with van der Waals surface area (Å²) in [5.74, 6) is 1.57. The molecule has 25 heavy (non-hydrogen) atoms. The highest BCUT2D eigenvalue weighted by Gasteiger charge is 2.21. The van der Waals surface area contributed by atoms with E-state index in [0.717, 1.165) is 57.4 Å². The van der Waals surface area contributed by atoms with Gasteiger partial charge in [0, 0.05) is 57.2 Å². The fourth-order valence-corrected chi connectivity index (χ4v) is 3.65. The highest BCUT2D eigenvalue weighted by molar-refractivity contribution is 5.30. The first kappa shape index (κ1) is 18.5. The van der Waals surface area contributed by atoms with Gasteiger partial charge in [-0.3, -0.25) is 0 Å². The van der Waals surface area contributed by atoms with E-state index in [0.29, 0.717) is 12.0 Å². The van der Waals surface area contributed by atoms with E-state index in [4.69, 9.17) is 4.74 Å². The number of ether oxygens (including phenoxy) is 1. The summed E-state index contributed by atoms with van der Waals surface area (Å²) in [5, 5.41) is 3.44. The third-order valence-corrected chi connectivity index (χ3v) is 5.45. The Bertz CT molecular complexity index is 501. The van der Waals surface area contributed by atoms with Crippen LogP contribution < -0.4 is 10.2 Å². The van der Waals surface area contributed by atoms with E-state index in [2.05, 4.69) is 39.1 Å². The molecule has 2 heterocycles. The molecule has 6 heteroatoms. The van der Waals surface area contributed by atoms with Crippen LogP contribution >= 0.6 is 0 Å². The Hall–Kier alpha value is -1.24. The average molecular weight is 348 g/mol. The molecule has 1 aliphatic carbocycles. The van der Waals surface area contributed by atoms with Crippen molar-refractivity contribution in [1.82, 2.24) is 20.2 Å². The van der Waals surface area contributed by atoms with Crippen LogP contribution in [0.1, 0.15) is 38.2 Å². The molecule has 2 aliphatic rings. The first-order chi connectivity index (χ1) is 12.2. The Morgan fingerprint density at radius 1 is 1.12 bits per heavy atom. The number of nitrogens with one attached hydrogen (secondary N) is 1. The summed E-state index contributed by atoms with van der Waals surface area (Å²) in [6.07, 6.45) is 9.57. The molecule has 1 saturated heterocycles. The van der Waals surface area contributed by atoms with Gasteiger partial charge in [-0.05, 0) is 25.8 Å². The molecule has 1 aromatic heterocycles. The Morgan fingerprint density at radius 3 is 2.56 bits per heavy atom. The minimum atomic E-state index is 0.460. The Balaban J connectivity index is 1.33. The molecule has 0 spiro atoms. The lowest BCUT2D eigenvalue weighted by atomic mass is 9.88. The van der Waals surface area contributed by atoms with Gasteiger partial charge < -0.3 is 19.9 Å². The minimum Gasteiger partial charge on any atom is -0.377 e. The summed E-state index contributed by atoms with van der Waals surface area (Å²) in [6.45, 7) is 8.94. The average Bonchev–Trinajstić information content (AvgIpc) is 2.64. The largest absolute Gasteiger partial charge is 0.377 e. The molecule has 1 aromatic rings. The molecule has 1 aliphatic heterocycles. The number of piperazine rings is 1. The maximum absolute atomic E-state index is 6.04. The molecule has 1 N–H and O–H groups in total. The SMILES string of the molecule is C[C@H]1CCCC[C@@H]1OCCNCc1cnc(N2CCN(C)CC2)nc1. The number of anilines is 1. The van der Waals surface area contributed by atoms with Crippen LogP contribution in [0.5, 0.6) is 0 Å². The molecule has 3 rings (SSSR count). The van der Waals surface area contributed by atoms with Crippen LogP contribution in [0.3, 0.4) is 0 Å². The van der Waals surface area contributed by atoms with E-state index in [1.54, 1.807) is 0 Å². The fourth-order valence-electron chi connectivity index (χ4n) is 3.65. The molecular weight excluding hydrogens is 314 g/mol. The van der Waals surface area contributed by atoms with Crippen molar-refractivity contribution in [1.29, 1.82) is 0 Å². The Labute approximate surface area is 152 Å². The van der Waals surface area contributed by atoms with E-state index >= 15 is 0 Å². The van der Waals surface area contributed by atoms with Crippen LogP contribution in [-0.2, 0) is 11.3 Å². The molecule has 2 fully saturated rings. The maximum Gasteiger partial charge on any atom is 0.225 e. The minimum absolute atomic E-state index is 0.460. The topological polar surface area (TPSA) is 53.5 Å². The van der Waals surface area contributed by atoms with E-state index in [1.165, 1.54) is 25.7 Å². The number of hydrogen-bond acceptors (Lipinski definition) is 6. The van der Waals surface area contributed by atoms with Crippen molar-refractivity contribution in [3.05, 3.63) is 18.0 Å². The van der Waals surface area contributed by atoms with Gasteiger partial charge in [-0.15, -0.1) is 0 Å². The normalized spacial score (nSPS) is 25.3. The molecule has 2 atom stereocenters. The van der Waals surface area contributed by atoms with Crippen LogP contribution in [0.4, 0.5) is 5.95 Å². The van der Waals surface area contributed by atoms with Crippen molar-refractivity contribution >= 4 is 5.95 Å². The lowest BCUT2D eigenvalue weighted by molar-refractivity contribution is -0.00322. The molecule has 140 valence electrons. The number of likely N-dealkylation sites (N-methyl/N-ethyl adjacent to an activating group) is 1. The van der Waals surface area contributed by atoms with Crippen LogP contribution in [0, 0.1) is 5.92 Å². The highest BCUT2D eigenvalue weighted by Crippen LogP contribution is 2.25. The molecule has 0 radical (unpaired) electrons. The van der Waals surface area contributed by atoms with Crippen molar-refractivity contribution in [2.24, 2.45) is 5.92 Å². The standard InChI is InChI=1S/C19H33N5O/c1-16-5-3-4-6-18(16)25-12-7-20-13-17-14-21-19(22-15-17)24-10-8-23(2)9-11-24/h14-16,18,20H,3-13H2,1-2H3/t16-,18-/m0/s1. The Morgan fingerprint density at radius 2 is 1.84 bits per heavy atom. The summed E-state index contributed by atoms with van der Waals surface area (Å²) in [6, 6.07) is 0. The smallest absolute Gasteiger partial charge is 0.225 e. The first-order valence-corrected chi connectivity index (χ1v) is 9.79. The van der Waals surface area contributed by atoms with Crippen molar-refractivity contribution in [2.75, 3.05) is 51.3 Å². The zero-order valence-electron chi connectivity index (χ0n) is 15.8. The fraction of sp³-hybridized carbons (Fsp3) is 0.789. The second-order valence-electron chi connectivity index (χ2n) is 7.53. The quantitative estimate of drug-likeness (QED) is 0.761. The summed E-state index contributed by atoms with van der Waals surface area (Å²) in [7, 11) is 2.16. The molecular formula is C19H33N5O.